The predicted molar refractivity (Wildman–Crippen MR) is 48.6 cm³/mol. The minimum Gasteiger partial charge on any atom is -0.481 e. The van der Waals surface area contributed by atoms with Gasteiger partial charge in [0.2, 0.25) is 8.03 Å². The topological polar surface area (TPSA) is 74.6 Å². The molecule has 0 bridgehead atoms. The largest absolute Gasteiger partial charge is 0.481 e. The molecule has 5 heteroatoms. The van der Waals surface area contributed by atoms with E-state index in [1.54, 1.807) is 12.1 Å². The average Bonchev–Trinajstić information content (AvgIpc) is 2.04. The van der Waals surface area contributed by atoms with Crippen LogP contribution in [0, 0.1) is 0 Å². The number of hydrogen-bond donors (Lipinski definition) is 2. The van der Waals surface area contributed by atoms with Gasteiger partial charge in [-0.15, -0.1) is 0 Å². The van der Waals surface area contributed by atoms with Crippen LogP contribution in [0.2, 0.25) is 0 Å². The van der Waals surface area contributed by atoms with Crippen LogP contribution in [0.1, 0.15) is 5.56 Å². The molecular weight excluding hydrogens is 191 g/mol. The van der Waals surface area contributed by atoms with Crippen LogP contribution in [0.15, 0.2) is 24.3 Å². The lowest BCUT2D eigenvalue weighted by molar-refractivity contribution is -0.136. The van der Waals surface area contributed by atoms with Gasteiger partial charge in [-0.05, 0) is 17.7 Å². The van der Waals surface area contributed by atoms with Gasteiger partial charge in [0.25, 0.3) is 0 Å². The summed E-state index contributed by atoms with van der Waals surface area (Å²) >= 11 is 0. The molecular formula is C8H9O4P. The van der Waals surface area contributed by atoms with Crippen molar-refractivity contribution in [2.45, 2.75) is 6.42 Å². The number of carboxylic acid groups (broad SMARTS) is 1. The number of benzene rings is 1. The first-order chi connectivity index (χ1) is 6.09. The highest BCUT2D eigenvalue weighted by molar-refractivity contribution is 7.47. The minimum absolute atomic E-state index is 0.0629. The van der Waals surface area contributed by atoms with Gasteiger partial charge in [0.1, 0.15) is 0 Å². The Hall–Kier alpha value is -1.12. The predicted octanol–water partition coefficient (Wildman–Crippen LogP) is 0.406. The standard InChI is InChI=1S/C8H9O4P/c9-8(10)5-6-1-3-7(4-2-6)13(11)12/h1-4,13H,5H2,(H,9,10)(H,11,12). The van der Waals surface area contributed by atoms with Crippen molar-refractivity contribution < 1.29 is 19.4 Å². The van der Waals surface area contributed by atoms with Crippen molar-refractivity contribution in [2.24, 2.45) is 0 Å². The van der Waals surface area contributed by atoms with E-state index in [1.165, 1.54) is 12.1 Å². The molecule has 0 saturated heterocycles. The van der Waals surface area contributed by atoms with Crippen LogP contribution in [-0.2, 0) is 15.8 Å². The molecule has 1 aromatic rings. The van der Waals surface area contributed by atoms with E-state index in [9.17, 15) is 9.36 Å². The molecule has 2 N–H and O–H groups in total. The Labute approximate surface area is 75.7 Å². The van der Waals surface area contributed by atoms with Crippen molar-refractivity contribution in [2.75, 3.05) is 0 Å². The molecule has 0 aliphatic rings. The van der Waals surface area contributed by atoms with E-state index in [0.29, 0.717) is 10.9 Å². The summed E-state index contributed by atoms with van der Waals surface area (Å²) in [5.41, 5.74) is 0.625. The molecule has 0 radical (unpaired) electrons. The van der Waals surface area contributed by atoms with Crippen LogP contribution in [0.4, 0.5) is 0 Å². The zero-order valence-corrected chi connectivity index (χ0v) is 7.73. The monoisotopic (exact) mass is 200 g/mol. The van der Waals surface area contributed by atoms with Crippen molar-refractivity contribution in [3.05, 3.63) is 29.8 Å². The van der Waals surface area contributed by atoms with E-state index in [1.807, 2.05) is 0 Å². The molecule has 1 atom stereocenters. The first kappa shape index (κ1) is 9.96. The Morgan fingerprint density at radius 2 is 1.85 bits per heavy atom. The third kappa shape index (κ3) is 3.01. The molecule has 0 saturated carbocycles. The summed E-state index contributed by atoms with van der Waals surface area (Å²) in [6, 6.07) is 6.03. The lowest BCUT2D eigenvalue weighted by Crippen LogP contribution is -2.02. The smallest absolute Gasteiger partial charge is 0.307 e. The highest BCUT2D eigenvalue weighted by Crippen LogP contribution is 2.12. The van der Waals surface area contributed by atoms with Crippen molar-refractivity contribution in [1.29, 1.82) is 0 Å². The lowest BCUT2D eigenvalue weighted by atomic mass is 10.2. The van der Waals surface area contributed by atoms with Gasteiger partial charge in [0.15, 0.2) is 0 Å². The molecule has 0 amide bonds. The highest BCUT2D eigenvalue weighted by atomic mass is 31.1. The van der Waals surface area contributed by atoms with Gasteiger partial charge >= 0.3 is 5.97 Å². The zero-order chi connectivity index (χ0) is 9.84. The maximum atomic E-state index is 10.6. The number of carbonyl (C=O) groups is 1. The Balaban J connectivity index is 2.81. The Morgan fingerprint density at radius 3 is 2.23 bits per heavy atom. The summed E-state index contributed by atoms with van der Waals surface area (Å²) in [5, 5.41) is 8.79. The summed E-state index contributed by atoms with van der Waals surface area (Å²) in [6.07, 6.45) is -0.0629. The first-order valence-electron chi connectivity index (χ1n) is 3.63. The van der Waals surface area contributed by atoms with Crippen molar-refractivity contribution >= 4 is 19.3 Å². The van der Waals surface area contributed by atoms with E-state index in [-0.39, 0.29) is 6.42 Å². The van der Waals surface area contributed by atoms with Crippen LogP contribution in [0.3, 0.4) is 0 Å². The molecule has 4 nitrogen and oxygen atoms in total. The number of rotatable bonds is 3. The molecule has 1 rings (SSSR count). The molecule has 0 aliphatic carbocycles. The Kier molecular flexibility index (Phi) is 3.23. The summed E-state index contributed by atoms with van der Waals surface area (Å²) in [6.45, 7) is 0. The fraction of sp³-hybridized carbons (Fsp3) is 0.125. The van der Waals surface area contributed by atoms with E-state index >= 15 is 0 Å². The fourth-order valence-corrected chi connectivity index (χ4v) is 1.39. The van der Waals surface area contributed by atoms with Gasteiger partial charge < -0.3 is 10.00 Å². The zero-order valence-electron chi connectivity index (χ0n) is 6.73. The van der Waals surface area contributed by atoms with Gasteiger partial charge in [0, 0.05) is 5.30 Å². The maximum absolute atomic E-state index is 10.6. The van der Waals surface area contributed by atoms with Crippen LogP contribution >= 0.6 is 8.03 Å². The third-order valence-electron chi connectivity index (χ3n) is 1.56. The summed E-state index contributed by atoms with van der Waals surface area (Å²) in [4.78, 5) is 19.0. The van der Waals surface area contributed by atoms with Gasteiger partial charge in [0.05, 0.1) is 6.42 Å². The van der Waals surface area contributed by atoms with Gasteiger partial charge in [-0.1, -0.05) is 12.1 Å². The Bertz CT molecular complexity index is 331. The summed E-state index contributed by atoms with van der Waals surface area (Å²) in [7, 11) is -2.65. The molecule has 1 aromatic carbocycles. The first-order valence-corrected chi connectivity index (χ1v) is 4.99. The number of aliphatic carboxylic acids is 1. The average molecular weight is 200 g/mol. The molecule has 0 heterocycles. The van der Waals surface area contributed by atoms with E-state index in [0.717, 1.165) is 0 Å². The number of carboxylic acids is 1. The van der Waals surface area contributed by atoms with Crippen LogP contribution in [0.5, 0.6) is 0 Å². The summed E-state index contributed by atoms with van der Waals surface area (Å²) in [5.74, 6) is -0.913. The molecule has 70 valence electrons. The SMILES string of the molecule is O=C(O)Cc1ccc([PH](=O)O)cc1. The fourth-order valence-electron chi connectivity index (χ4n) is 0.940. The van der Waals surface area contributed by atoms with Crippen LogP contribution < -0.4 is 5.30 Å². The molecule has 0 aliphatic heterocycles. The number of hydrogen-bond acceptors (Lipinski definition) is 2. The highest BCUT2D eigenvalue weighted by Gasteiger charge is 2.01. The lowest BCUT2D eigenvalue weighted by Gasteiger charge is -1.98. The molecule has 0 aromatic heterocycles. The van der Waals surface area contributed by atoms with Crippen LogP contribution in [0.25, 0.3) is 0 Å². The van der Waals surface area contributed by atoms with Crippen molar-refractivity contribution in [3.63, 3.8) is 0 Å². The normalized spacial score (nSPS) is 12.4. The molecule has 0 spiro atoms. The van der Waals surface area contributed by atoms with E-state index < -0.39 is 14.0 Å². The molecule has 1 unspecified atom stereocenters. The van der Waals surface area contributed by atoms with Crippen LogP contribution in [-0.4, -0.2) is 16.0 Å². The van der Waals surface area contributed by atoms with Crippen molar-refractivity contribution in [1.82, 2.24) is 0 Å². The maximum Gasteiger partial charge on any atom is 0.307 e. The Morgan fingerprint density at radius 1 is 1.31 bits per heavy atom. The minimum atomic E-state index is -2.65. The van der Waals surface area contributed by atoms with Gasteiger partial charge in [-0.25, -0.2) is 0 Å². The van der Waals surface area contributed by atoms with Gasteiger partial charge in [-0.2, -0.15) is 0 Å². The van der Waals surface area contributed by atoms with Crippen molar-refractivity contribution in [3.8, 4) is 0 Å². The second-order valence-electron chi connectivity index (χ2n) is 2.57. The van der Waals surface area contributed by atoms with E-state index in [2.05, 4.69) is 0 Å². The third-order valence-corrected chi connectivity index (χ3v) is 2.38. The molecule has 0 fully saturated rings. The molecule has 13 heavy (non-hydrogen) atoms. The van der Waals surface area contributed by atoms with Gasteiger partial charge in [-0.3, -0.25) is 9.36 Å². The summed E-state index contributed by atoms with van der Waals surface area (Å²) < 4.78 is 10.6. The second-order valence-corrected chi connectivity index (χ2v) is 3.76. The van der Waals surface area contributed by atoms with E-state index in [4.69, 9.17) is 10.00 Å². The second kappa shape index (κ2) is 4.21. The quantitative estimate of drug-likeness (QED) is 0.693.